The number of rotatable bonds is 5. The molecule has 0 heterocycles. The van der Waals surface area contributed by atoms with E-state index in [1.165, 1.54) is 24.3 Å². The molecule has 0 atom stereocenters. The number of hydrogen-bond donors (Lipinski definition) is 1. The fraction of sp³-hybridized carbons (Fsp3) is 0.188. The van der Waals surface area contributed by atoms with E-state index in [1.54, 1.807) is 12.1 Å². The Morgan fingerprint density at radius 1 is 1.12 bits per heavy atom. The lowest BCUT2D eigenvalue weighted by atomic mass is 10.1. The van der Waals surface area contributed by atoms with E-state index in [-0.39, 0.29) is 17.0 Å². The Morgan fingerprint density at radius 3 is 2.32 bits per heavy atom. The van der Waals surface area contributed by atoms with Gasteiger partial charge in [-0.1, -0.05) is 12.1 Å². The minimum Gasteiger partial charge on any atom is -0.406 e. The molecule has 1 amide bonds. The first-order valence-corrected chi connectivity index (χ1v) is 9.02. The average molecular weight is 373 g/mol. The molecular weight excluding hydrogens is 359 g/mol. The molecular formula is C16H14F3NO4S. The maximum Gasteiger partial charge on any atom is 0.573 e. The zero-order valence-corrected chi connectivity index (χ0v) is 13.8. The summed E-state index contributed by atoms with van der Waals surface area (Å²) in [6, 6.07) is 10.8. The fourth-order valence-electron chi connectivity index (χ4n) is 2.05. The van der Waals surface area contributed by atoms with Crippen LogP contribution in [0.1, 0.15) is 15.9 Å². The standard InChI is InChI=1S/C16H14F3NO4S/c1-25(22,23)10-11-3-2-4-12(9-11)15(21)20-13-5-7-14(8-6-13)24-16(17,18)19/h2-9H,10H2,1H3,(H,20,21). The van der Waals surface area contributed by atoms with Crippen molar-refractivity contribution in [2.75, 3.05) is 11.6 Å². The maximum absolute atomic E-state index is 12.2. The number of carbonyl (C=O) groups excluding carboxylic acids is 1. The van der Waals surface area contributed by atoms with Crippen LogP contribution < -0.4 is 10.1 Å². The predicted molar refractivity (Wildman–Crippen MR) is 86.1 cm³/mol. The van der Waals surface area contributed by atoms with Gasteiger partial charge in [0, 0.05) is 17.5 Å². The zero-order chi connectivity index (χ0) is 18.7. The van der Waals surface area contributed by atoms with Gasteiger partial charge in [0.1, 0.15) is 5.75 Å². The van der Waals surface area contributed by atoms with E-state index in [0.29, 0.717) is 5.56 Å². The third kappa shape index (κ3) is 6.46. The molecule has 0 aliphatic rings. The van der Waals surface area contributed by atoms with Gasteiger partial charge >= 0.3 is 6.36 Å². The number of anilines is 1. The zero-order valence-electron chi connectivity index (χ0n) is 13.0. The van der Waals surface area contributed by atoms with Gasteiger partial charge in [-0.05, 0) is 42.0 Å². The van der Waals surface area contributed by atoms with E-state index in [0.717, 1.165) is 18.4 Å². The van der Waals surface area contributed by atoms with E-state index in [2.05, 4.69) is 10.1 Å². The van der Waals surface area contributed by atoms with Crippen molar-refractivity contribution in [1.29, 1.82) is 0 Å². The van der Waals surface area contributed by atoms with E-state index in [1.807, 2.05) is 0 Å². The third-order valence-electron chi connectivity index (χ3n) is 2.96. The molecule has 0 radical (unpaired) electrons. The van der Waals surface area contributed by atoms with Crippen LogP contribution in [0, 0.1) is 0 Å². The van der Waals surface area contributed by atoms with E-state index in [9.17, 15) is 26.4 Å². The van der Waals surface area contributed by atoms with Gasteiger partial charge in [-0.15, -0.1) is 13.2 Å². The third-order valence-corrected chi connectivity index (χ3v) is 3.82. The molecule has 0 aromatic heterocycles. The Labute approximate surface area is 142 Å². The molecule has 0 fully saturated rings. The molecule has 2 aromatic carbocycles. The monoisotopic (exact) mass is 373 g/mol. The van der Waals surface area contributed by atoms with Crippen LogP contribution in [-0.4, -0.2) is 26.9 Å². The Kier molecular flexibility index (Phi) is 5.36. The van der Waals surface area contributed by atoms with Crippen molar-refractivity contribution < 1.29 is 31.1 Å². The highest BCUT2D eigenvalue weighted by Crippen LogP contribution is 2.24. The van der Waals surface area contributed by atoms with Crippen molar-refractivity contribution in [1.82, 2.24) is 0 Å². The molecule has 0 aliphatic heterocycles. The molecule has 25 heavy (non-hydrogen) atoms. The average Bonchev–Trinajstić information content (AvgIpc) is 2.46. The van der Waals surface area contributed by atoms with Crippen LogP contribution in [0.5, 0.6) is 5.75 Å². The van der Waals surface area contributed by atoms with E-state index in [4.69, 9.17) is 0 Å². The van der Waals surface area contributed by atoms with Gasteiger partial charge in [-0.25, -0.2) is 8.42 Å². The maximum atomic E-state index is 12.2. The molecule has 2 aromatic rings. The van der Waals surface area contributed by atoms with Gasteiger partial charge in [-0.3, -0.25) is 4.79 Å². The molecule has 1 N–H and O–H groups in total. The van der Waals surface area contributed by atoms with E-state index < -0.39 is 27.9 Å². The first-order valence-electron chi connectivity index (χ1n) is 6.96. The van der Waals surface area contributed by atoms with Crippen molar-refractivity contribution in [2.45, 2.75) is 12.1 Å². The van der Waals surface area contributed by atoms with E-state index >= 15 is 0 Å². The van der Waals surface area contributed by atoms with Crippen LogP contribution in [0.2, 0.25) is 0 Å². The van der Waals surface area contributed by atoms with Crippen LogP contribution in [0.3, 0.4) is 0 Å². The number of alkyl halides is 3. The lowest BCUT2D eigenvalue weighted by molar-refractivity contribution is -0.274. The summed E-state index contributed by atoms with van der Waals surface area (Å²) >= 11 is 0. The molecule has 134 valence electrons. The number of ether oxygens (including phenoxy) is 1. The molecule has 0 spiro atoms. The smallest absolute Gasteiger partial charge is 0.406 e. The lowest BCUT2D eigenvalue weighted by Gasteiger charge is -2.10. The summed E-state index contributed by atoms with van der Waals surface area (Å²) in [6.07, 6.45) is -3.70. The minimum absolute atomic E-state index is 0.197. The van der Waals surface area contributed by atoms with Gasteiger partial charge in [0.25, 0.3) is 5.91 Å². The summed E-state index contributed by atoms with van der Waals surface area (Å²) in [6.45, 7) is 0. The molecule has 2 rings (SSSR count). The molecule has 0 bridgehead atoms. The highest BCUT2D eigenvalue weighted by Gasteiger charge is 2.30. The summed E-state index contributed by atoms with van der Waals surface area (Å²) in [5.41, 5.74) is 0.967. The normalized spacial score (nSPS) is 11.8. The van der Waals surface area contributed by atoms with Crippen LogP contribution >= 0.6 is 0 Å². The SMILES string of the molecule is CS(=O)(=O)Cc1cccc(C(=O)Nc2ccc(OC(F)(F)F)cc2)c1. The Balaban J connectivity index is 2.08. The molecule has 0 saturated heterocycles. The van der Waals surface area contributed by atoms with Crippen molar-refractivity contribution >= 4 is 21.4 Å². The number of nitrogens with one attached hydrogen (secondary N) is 1. The van der Waals surface area contributed by atoms with Crippen LogP contribution in [0.4, 0.5) is 18.9 Å². The summed E-state index contributed by atoms with van der Waals surface area (Å²) in [7, 11) is -3.24. The summed E-state index contributed by atoms with van der Waals surface area (Å²) in [4.78, 5) is 12.2. The Morgan fingerprint density at radius 2 is 1.76 bits per heavy atom. The summed E-state index contributed by atoms with van der Waals surface area (Å²) < 4.78 is 62.6. The van der Waals surface area contributed by atoms with Gasteiger partial charge in [0.15, 0.2) is 9.84 Å². The molecule has 0 unspecified atom stereocenters. The van der Waals surface area contributed by atoms with Gasteiger partial charge in [-0.2, -0.15) is 0 Å². The molecule has 0 saturated carbocycles. The molecule has 9 heteroatoms. The number of hydrogen-bond acceptors (Lipinski definition) is 4. The number of benzene rings is 2. The van der Waals surface area contributed by atoms with Gasteiger partial charge in [0.2, 0.25) is 0 Å². The number of carbonyl (C=O) groups is 1. The number of amides is 1. The number of halogens is 3. The van der Waals surface area contributed by atoms with Crippen molar-refractivity contribution in [2.24, 2.45) is 0 Å². The summed E-state index contributed by atoms with van der Waals surface area (Å²) in [5, 5.41) is 2.51. The second kappa shape index (κ2) is 7.14. The Bertz CT molecular complexity index is 862. The summed E-state index contributed by atoms with van der Waals surface area (Å²) in [5.74, 6) is -1.11. The van der Waals surface area contributed by atoms with Gasteiger partial charge < -0.3 is 10.1 Å². The highest BCUT2D eigenvalue weighted by molar-refractivity contribution is 7.89. The fourth-order valence-corrected chi connectivity index (χ4v) is 2.83. The first kappa shape index (κ1) is 18.8. The second-order valence-corrected chi connectivity index (χ2v) is 7.44. The largest absolute Gasteiger partial charge is 0.573 e. The topological polar surface area (TPSA) is 72.5 Å². The van der Waals surface area contributed by atoms with Crippen molar-refractivity contribution in [3.8, 4) is 5.75 Å². The Hall–Kier alpha value is -2.55. The van der Waals surface area contributed by atoms with Crippen LogP contribution in [-0.2, 0) is 15.6 Å². The number of sulfone groups is 1. The second-order valence-electron chi connectivity index (χ2n) is 5.30. The van der Waals surface area contributed by atoms with Crippen molar-refractivity contribution in [3.63, 3.8) is 0 Å². The first-order chi connectivity index (χ1) is 11.5. The van der Waals surface area contributed by atoms with Crippen molar-refractivity contribution in [3.05, 3.63) is 59.7 Å². The molecule has 0 aliphatic carbocycles. The minimum atomic E-state index is -4.79. The lowest BCUT2D eigenvalue weighted by Crippen LogP contribution is -2.17. The highest BCUT2D eigenvalue weighted by atomic mass is 32.2. The predicted octanol–water partition coefficient (Wildman–Crippen LogP) is 3.38. The quantitative estimate of drug-likeness (QED) is 0.872. The van der Waals surface area contributed by atoms with Crippen LogP contribution in [0.25, 0.3) is 0 Å². The van der Waals surface area contributed by atoms with Gasteiger partial charge in [0.05, 0.1) is 5.75 Å². The molecule has 5 nitrogen and oxygen atoms in total. The van der Waals surface area contributed by atoms with Crippen LogP contribution in [0.15, 0.2) is 48.5 Å².